The number of ether oxygens (including phenoxy) is 3. The summed E-state index contributed by atoms with van der Waals surface area (Å²) < 4.78 is 16.9. The largest absolute Gasteiger partial charge is 0.462 e. The van der Waals surface area contributed by atoms with Crippen LogP contribution < -0.4 is 0 Å². The van der Waals surface area contributed by atoms with Gasteiger partial charge in [0, 0.05) is 19.3 Å². The van der Waals surface area contributed by atoms with Crippen LogP contribution in [0.1, 0.15) is 318 Å². The van der Waals surface area contributed by atoms with Crippen LogP contribution in [0.4, 0.5) is 0 Å². The maximum Gasteiger partial charge on any atom is 0.306 e. The Morgan fingerprint density at radius 2 is 0.547 bits per heavy atom. The highest BCUT2D eigenvalue weighted by Gasteiger charge is 2.19. The predicted octanol–water partition coefficient (Wildman–Crippen LogP) is 18.7. The lowest BCUT2D eigenvalue weighted by atomic mass is 9.99. The van der Waals surface area contributed by atoms with E-state index < -0.39 is 6.10 Å². The number of esters is 3. The van der Waals surface area contributed by atoms with Gasteiger partial charge in [0.05, 0.1) is 0 Å². The van der Waals surface area contributed by atoms with E-state index in [2.05, 4.69) is 41.5 Å². The molecule has 1 unspecified atom stereocenters. The second-order valence-electron chi connectivity index (χ2n) is 21.1. The molecule has 0 N–H and O–H groups in total. The molecule has 2 atom stereocenters. The van der Waals surface area contributed by atoms with Crippen molar-refractivity contribution in [2.45, 2.75) is 324 Å². The van der Waals surface area contributed by atoms with Crippen LogP contribution in [0.5, 0.6) is 0 Å². The van der Waals surface area contributed by atoms with Crippen molar-refractivity contribution in [2.75, 3.05) is 13.2 Å². The minimum absolute atomic E-state index is 0.0642. The fourth-order valence-electron chi connectivity index (χ4n) is 8.79. The molecule has 0 amide bonds. The van der Waals surface area contributed by atoms with Gasteiger partial charge in [0.2, 0.25) is 0 Å². The third-order valence-corrected chi connectivity index (χ3v) is 13.5. The normalized spacial score (nSPS) is 12.6. The first-order chi connectivity index (χ1) is 31.1. The van der Waals surface area contributed by atoms with E-state index in [1.165, 1.54) is 199 Å². The summed E-state index contributed by atoms with van der Waals surface area (Å²) in [7, 11) is 0. The van der Waals surface area contributed by atoms with Crippen molar-refractivity contribution in [2.24, 2.45) is 17.8 Å². The predicted molar refractivity (Wildman–Crippen MR) is 275 cm³/mol. The van der Waals surface area contributed by atoms with Crippen LogP contribution in [-0.2, 0) is 28.6 Å². The van der Waals surface area contributed by atoms with E-state index in [4.69, 9.17) is 14.2 Å². The van der Waals surface area contributed by atoms with Crippen LogP contribution in [0, 0.1) is 17.8 Å². The number of hydrogen-bond donors (Lipinski definition) is 0. The minimum atomic E-state index is -0.764. The molecule has 0 fully saturated rings. The number of carbonyl (C=O) groups is 3. The van der Waals surface area contributed by atoms with Gasteiger partial charge in [-0.1, -0.05) is 279 Å². The van der Waals surface area contributed by atoms with Crippen molar-refractivity contribution >= 4 is 17.9 Å². The van der Waals surface area contributed by atoms with E-state index >= 15 is 0 Å². The maximum absolute atomic E-state index is 12.8. The van der Waals surface area contributed by atoms with E-state index in [1.807, 2.05) is 0 Å². The number of hydrogen-bond acceptors (Lipinski definition) is 6. The summed E-state index contributed by atoms with van der Waals surface area (Å²) in [6, 6.07) is 0. The molecule has 0 aromatic rings. The zero-order chi connectivity index (χ0) is 47.0. The highest BCUT2D eigenvalue weighted by atomic mass is 16.6. The fraction of sp³-hybridized carbons (Fsp3) is 0.948. The first-order valence-corrected chi connectivity index (χ1v) is 28.6. The lowest BCUT2D eigenvalue weighted by molar-refractivity contribution is -0.167. The summed E-state index contributed by atoms with van der Waals surface area (Å²) in [5.74, 6) is 1.67. The topological polar surface area (TPSA) is 78.9 Å². The van der Waals surface area contributed by atoms with Gasteiger partial charge in [-0.05, 0) is 37.0 Å². The van der Waals surface area contributed by atoms with Crippen molar-refractivity contribution in [1.29, 1.82) is 0 Å². The van der Waals surface area contributed by atoms with Gasteiger partial charge in [0.25, 0.3) is 0 Å². The highest BCUT2D eigenvalue weighted by Crippen LogP contribution is 2.19. The molecule has 0 rings (SSSR count). The third-order valence-electron chi connectivity index (χ3n) is 13.5. The van der Waals surface area contributed by atoms with Gasteiger partial charge in [-0.2, -0.15) is 0 Å². The highest BCUT2D eigenvalue weighted by molar-refractivity contribution is 5.71. The average Bonchev–Trinajstić information content (AvgIpc) is 3.27. The lowest BCUT2D eigenvalue weighted by Crippen LogP contribution is -2.30. The Balaban J connectivity index is 4.23. The first-order valence-electron chi connectivity index (χ1n) is 28.6. The van der Waals surface area contributed by atoms with Gasteiger partial charge in [-0.3, -0.25) is 14.4 Å². The van der Waals surface area contributed by atoms with Crippen LogP contribution in [0.15, 0.2) is 0 Å². The third kappa shape index (κ3) is 49.8. The second-order valence-corrected chi connectivity index (χ2v) is 21.1. The minimum Gasteiger partial charge on any atom is -0.462 e. The Hall–Kier alpha value is -1.59. The molecule has 0 aromatic carbocycles. The number of unbranched alkanes of at least 4 members (excludes halogenated alkanes) is 33. The van der Waals surface area contributed by atoms with E-state index in [1.54, 1.807) is 0 Å². The van der Waals surface area contributed by atoms with Gasteiger partial charge in [0.1, 0.15) is 13.2 Å². The molecule has 0 heterocycles. The molecule has 0 aromatic heterocycles. The first kappa shape index (κ1) is 62.4. The maximum atomic E-state index is 12.8. The van der Waals surface area contributed by atoms with Gasteiger partial charge < -0.3 is 14.2 Å². The Bertz CT molecular complexity index is 993. The van der Waals surface area contributed by atoms with E-state index in [-0.39, 0.29) is 31.1 Å². The Morgan fingerprint density at radius 1 is 0.312 bits per heavy atom. The van der Waals surface area contributed by atoms with Crippen LogP contribution in [0.3, 0.4) is 0 Å². The fourth-order valence-corrected chi connectivity index (χ4v) is 8.79. The summed E-state index contributed by atoms with van der Waals surface area (Å²) >= 11 is 0. The SMILES string of the molecule is CCC(C)CCCCCCCCCCC(=O)O[C@@H](COC(=O)CCCCCCCCCCCCCCCCCCCCC(C)C)COC(=O)CCCCCCCCCCCCC(C)C. The van der Waals surface area contributed by atoms with E-state index in [0.29, 0.717) is 19.3 Å². The van der Waals surface area contributed by atoms with Gasteiger partial charge >= 0.3 is 17.9 Å². The summed E-state index contributed by atoms with van der Waals surface area (Å²) in [5, 5.41) is 0. The molecule has 0 saturated carbocycles. The van der Waals surface area contributed by atoms with Crippen molar-refractivity contribution in [3.63, 3.8) is 0 Å². The molecule has 0 bridgehead atoms. The smallest absolute Gasteiger partial charge is 0.306 e. The molecule has 0 spiro atoms. The lowest BCUT2D eigenvalue weighted by Gasteiger charge is -2.18. The zero-order valence-electron chi connectivity index (χ0n) is 44.1. The summed E-state index contributed by atoms with van der Waals surface area (Å²) in [6.07, 6.45) is 51.0. The van der Waals surface area contributed by atoms with Crippen LogP contribution in [0.2, 0.25) is 0 Å². The molecule has 0 aliphatic heterocycles. The molecule has 0 radical (unpaired) electrons. The summed E-state index contributed by atoms with van der Waals surface area (Å²) in [4.78, 5) is 38.1. The second kappa shape index (κ2) is 49.3. The molecule has 380 valence electrons. The van der Waals surface area contributed by atoms with Crippen molar-refractivity contribution in [3.05, 3.63) is 0 Å². The van der Waals surface area contributed by atoms with Gasteiger partial charge in [-0.15, -0.1) is 0 Å². The van der Waals surface area contributed by atoms with E-state index in [0.717, 1.165) is 75.5 Å². The molecular weight excluding hydrogens is 793 g/mol. The molecule has 0 aliphatic rings. The Labute approximate surface area is 399 Å². The van der Waals surface area contributed by atoms with Gasteiger partial charge in [0.15, 0.2) is 6.10 Å². The van der Waals surface area contributed by atoms with Crippen LogP contribution >= 0.6 is 0 Å². The Morgan fingerprint density at radius 3 is 0.812 bits per heavy atom. The molecule has 6 nitrogen and oxygen atoms in total. The number of rotatable bonds is 51. The summed E-state index contributed by atoms with van der Waals surface area (Å²) in [6.45, 7) is 13.8. The molecule has 64 heavy (non-hydrogen) atoms. The standard InChI is InChI=1S/C58H112O6/c1-7-54(6)46-40-34-28-24-25-31-37-43-49-58(61)64-55(51-63-57(60)48-42-36-30-23-19-18-21-27-33-39-45-53(4)5)50-62-56(59)47-41-35-29-22-17-15-13-11-9-8-10-12-14-16-20-26-32-38-44-52(2)3/h52-55H,7-51H2,1-6H3/t54?,55-/m0/s1. The zero-order valence-corrected chi connectivity index (χ0v) is 44.1. The van der Waals surface area contributed by atoms with Gasteiger partial charge in [-0.25, -0.2) is 0 Å². The van der Waals surface area contributed by atoms with Crippen molar-refractivity contribution in [3.8, 4) is 0 Å². The Kier molecular flexibility index (Phi) is 48.1. The number of carbonyl (C=O) groups excluding carboxylic acids is 3. The average molecular weight is 906 g/mol. The molecule has 6 heteroatoms. The van der Waals surface area contributed by atoms with E-state index in [9.17, 15) is 14.4 Å². The molecule has 0 saturated heterocycles. The van der Waals surface area contributed by atoms with Crippen molar-refractivity contribution in [1.82, 2.24) is 0 Å². The molecule has 0 aliphatic carbocycles. The van der Waals surface area contributed by atoms with Crippen molar-refractivity contribution < 1.29 is 28.6 Å². The van der Waals surface area contributed by atoms with Crippen LogP contribution in [0.25, 0.3) is 0 Å². The van der Waals surface area contributed by atoms with Crippen LogP contribution in [-0.4, -0.2) is 37.2 Å². The molecular formula is C58H112O6. The monoisotopic (exact) mass is 905 g/mol. The quantitative estimate of drug-likeness (QED) is 0.0344. The summed E-state index contributed by atoms with van der Waals surface area (Å²) in [5.41, 5.74) is 0.